The van der Waals surface area contributed by atoms with E-state index in [4.69, 9.17) is 0 Å². The average Bonchev–Trinajstić information content (AvgIpc) is 2.39. The molecule has 0 saturated carbocycles. The first-order valence-electron chi connectivity index (χ1n) is 7.49. The molecule has 0 aromatic heterocycles. The normalized spacial score (nSPS) is 12.1. The topological polar surface area (TPSA) is 0 Å². The van der Waals surface area contributed by atoms with Crippen molar-refractivity contribution in [3.63, 3.8) is 0 Å². The molecule has 0 radical (unpaired) electrons. The van der Waals surface area contributed by atoms with Gasteiger partial charge in [0.05, 0.1) is 0 Å². The molecule has 0 amide bonds. The molecule has 0 N–H and O–H groups in total. The second kappa shape index (κ2) is 16.0. The first kappa shape index (κ1) is 17.0. The minimum atomic E-state index is 1.01. The van der Waals surface area contributed by atoms with E-state index in [1.54, 1.807) is 0 Å². The quantitative estimate of drug-likeness (QED) is 0.213. The summed E-state index contributed by atoms with van der Waals surface area (Å²) in [5.74, 6) is 0. The van der Waals surface area contributed by atoms with Gasteiger partial charge in [-0.3, -0.25) is 0 Å². The van der Waals surface area contributed by atoms with Gasteiger partial charge in [0.2, 0.25) is 0 Å². The van der Waals surface area contributed by atoms with E-state index in [-0.39, 0.29) is 0 Å². The largest absolute Gasteiger partial charge is 0.0991 e. The molecule has 0 atom stereocenters. The van der Waals surface area contributed by atoms with Crippen LogP contribution >= 0.6 is 0 Å². The Morgan fingerprint density at radius 3 is 2.06 bits per heavy atom. The maximum Gasteiger partial charge on any atom is -0.0166 e. The van der Waals surface area contributed by atoms with Gasteiger partial charge in [-0.25, -0.2) is 0 Å². The van der Waals surface area contributed by atoms with Crippen LogP contribution in [0.1, 0.15) is 64.7 Å². The number of hydrogen-bond acceptors (Lipinski definition) is 0. The summed E-state index contributed by atoms with van der Waals surface area (Å²) in [4.78, 5) is 0. The van der Waals surface area contributed by atoms with Gasteiger partial charge in [-0.05, 0) is 25.7 Å². The zero-order valence-corrected chi connectivity index (χ0v) is 12.1. The summed E-state index contributed by atoms with van der Waals surface area (Å²) in [6, 6.07) is 0. The zero-order chi connectivity index (χ0) is 13.3. The molecule has 0 heterocycles. The van der Waals surface area contributed by atoms with Crippen LogP contribution in [0.2, 0.25) is 0 Å². The Morgan fingerprint density at radius 2 is 1.33 bits per heavy atom. The molecule has 0 saturated heterocycles. The lowest BCUT2D eigenvalue weighted by molar-refractivity contribution is 0.611. The van der Waals surface area contributed by atoms with Crippen molar-refractivity contribution in [3.05, 3.63) is 49.1 Å². The van der Waals surface area contributed by atoms with E-state index in [0.717, 1.165) is 12.8 Å². The standard InChI is InChI=1S/C18H30/c1-3-5-7-9-11-13-15-17-18-16-14-12-10-8-6-4-2/h3,5,7,11,13,17-18H,1,4,6,8-10,12,14-16H2,2H3/b7-5-,13-11-,18-17-. The third kappa shape index (κ3) is 15.0. The Balaban J connectivity index is 3.22. The lowest BCUT2D eigenvalue weighted by atomic mass is 10.1. The Bertz CT molecular complexity index is 243. The zero-order valence-electron chi connectivity index (χ0n) is 12.1. The molecule has 0 heteroatoms. The van der Waals surface area contributed by atoms with Crippen LogP contribution in [0.25, 0.3) is 0 Å². The molecule has 0 fully saturated rings. The van der Waals surface area contributed by atoms with Crippen molar-refractivity contribution < 1.29 is 0 Å². The number of allylic oxidation sites excluding steroid dienone is 7. The molecule has 18 heavy (non-hydrogen) atoms. The third-order valence-corrected chi connectivity index (χ3v) is 2.87. The van der Waals surface area contributed by atoms with Gasteiger partial charge in [0, 0.05) is 0 Å². The monoisotopic (exact) mass is 246 g/mol. The van der Waals surface area contributed by atoms with Crippen LogP contribution in [-0.4, -0.2) is 0 Å². The van der Waals surface area contributed by atoms with Gasteiger partial charge < -0.3 is 0 Å². The molecular weight excluding hydrogens is 216 g/mol. The van der Waals surface area contributed by atoms with Crippen LogP contribution in [0.15, 0.2) is 49.1 Å². The van der Waals surface area contributed by atoms with Gasteiger partial charge in [0.15, 0.2) is 0 Å². The molecular formula is C18H30. The maximum atomic E-state index is 3.64. The second-order valence-electron chi connectivity index (χ2n) is 4.63. The SMILES string of the molecule is C=C/C=C\C/C=C\C/C=C\CCCCCCCC. The molecule has 0 aromatic rings. The summed E-state index contributed by atoms with van der Waals surface area (Å²) in [6.45, 7) is 5.91. The van der Waals surface area contributed by atoms with Crippen LogP contribution in [-0.2, 0) is 0 Å². The Labute approximate surface area is 114 Å². The van der Waals surface area contributed by atoms with Crippen molar-refractivity contribution in [2.45, 2.75) is 64.7 Å². The highest BCUT2D eigenvalue weighted by atomic mass is 13.9. The van der Waals surface area contributed by atoms with Gasteiger partial charge in [-0.15, -0.1) is 0 Å². The molecule has 0 rings (SSSR count). The van der Waals surface area contributed by atoms with Crippen molar-refractivity contribution in [1.29, 1.82) is 0 Å². The highest BCUT2D eigenvalue weighted by Crippen LogP contribution is 2.07. The van der Waals surface area contributed by atoms with Gasteiger partial charge >= 0.3 is 0 Å². The average molecular weight is 246 g/mol. The van der Waals surface area contributed by atoms with Gasteiger partial charge in [0.1, 0.15) is 0 Å². The van der Waals surface area contributed by atoms with E-state index in [1.165, 1.54) is 44.9 Å². The summed E-state index contributed by atoms with van der Waals surface area (Å²) in [5, 5.41) is 0. The second-order valence-corrected chi connectivity index (χ2v) is 4.63. The van der Waals surface area contributed by atoms with Crippen LogP contribution in [0.5, 0.6) is 0 Å². The van der Waals surface area contributed by atoms with Crippen LogP contribution < -0.4 is 0 Å². The number of hydrogen-bond donors (Lipinski definition) is 0. The minimum absolute atomic E-state index is 1.01. The van der Waals surface area contributed by atoms with Crippen LogP contribution in [0.4, 0.5) is 0 Å². The highest BCUT2D eigenvalue weighted by molar-refractivity contribution is 5.02. The van der Waals surface area contributed by atoms with E-state index < -0.39 is 0 Å². The Hall–Kier alpha value is -1.04. The van der Waals surface area contributed by atoms with Gasteiger partial charge in [-0.1, -0.05) is 88.1 Å². The molecule has 0 aliphatic rings. The molecule has 0 unspecified atom stereocenters. The van der Waals surface area contributed by atoms with Crippen LogP contribution in [0, 0.1) is 0 Å². The summed E-state index contributed by atoms with van der Waals surface area (Å²) < 4.78 is 0. The molecule has 0 aromatic carbocycles. The molecule has 0 nitrogen and oxygen atoms in total. The molecule has 0 spiro atoms. The Kier molecular flexibility index (Phi) is 15.0. The van der Waals surface area contributed by atoms with Crippen molar-refractivity contribution in [1.82, 2.24) is 0 Å². The van der Waals surface area contributed by atoms with E-state index in [1.807, 2.05) is 12.2 Å². The summed E-state index contributed by atoms with van der Waals surface area (Å²) >= 11 is 0. The molecule has 0 bridgehead atoms. The first-order valence-corrected chi connectivity index (χ1v) is 7.49. The van der Waals surface area contributed by atoms with Crippen molar-refractivity contribution in [2.75, 3.05) is 0 Å². The molecule has 0 aliphatic heterocycles. The summed E-state index contributed by atoms with van der Waals surface area (Å²) in [7, 11) is 0. The minimum Gasteiger partial charge on any atom is -0.0991 e. The van der Waals surface area contributed by atoms with E-state index in [2.05, 4.69) is 43.9 Å². The van der Waals surface area contributed by atoms with Gasteiger partial charge in [-0.2, -0.15) is 0 Å². The third-order valence-electron chi connectivity index (χ3n) is 2.87. The van der Waals surface area contributed by atoms with Crippen molar-refractivity contribution in [2.24, 2.45) is 0 Å². The molecule has 102 valence electrons. The predicted octanol–water partition coefficient (Wildman–Crippen LogP) is 6.37. The van der Waals surface area contributed by atoms with Crippen LogP contribution in [0.3, 0.4) is 0 Å². The lowest BCUT2D eigenvalue weighted by Gasteiger charge is -1.97. The first-order chi connectivity index (χ1) is 8.91. The summed E-state index contributed by atoms with van der Waals surface area (Å²) in [5.41, 5.74) is 0. The summed E-state index contributed by atoms with van der Waals surface area (Å²) in [6.07, 6.45) is 26.6. The maximum absolute atomic E-state index is 3.64. The fourth-order valence-electron chi connectivity index (χ4n) is 1.78. The van der Waals surface area contributed by atoms with Gasteiger partial charge in [0.25, 0.3) is 0 Å². The Morgan fingerprint density at radius 1 is 0.722 bits per heavy atom. The van der Waals surface area contributed by atoms with E-state index in [9.17, 15) is 0 Å². The molecule has 0 aliphatic carbocycles. The smallest absolute Gasteiger partial charge is 0.0166 e. The van der Waals surface area contributed by atoms with E-state index >= 15 is 0 Å². The van der Waals surface area contributed by atoms with Crippen molar-refractivity contribution >= 4 is 0 Å². The lowest BCUT2D eigenvalue weighted by Crippen LogP contribution is -1.77. The number of unbranched alkanes of at least 4 members (excludes halogenated alkanes) is 6. The fourth-order valence-corrected chi connectivity index (χ4v) is 1.78. The predicted molar refractivity (Wildman–Crippen MR) is 84.8 cm³/mol. The fraction of sp³-hybridized carbons (Fsp3) is 0.556. The van der Waals surface area contributed by atoms with Crippen molar-refractivity contribution in [3.8, 4) is 0 Å². The highest BCUT2D eigenvalue weighted by Gasteiger charge is 1.87. The van der Waals surface area contributed by atoms with E-state index in [0.29, 0.717) is 0 Å². The number of rotatable bonds is 12.